The lowest BCUT2D eigenvalue weighted by atomic mass is 9.74. The highest BCUT2D eigenvalue weighted by Crippen LogP contribution is 2.58. The van der Waals surface area contributed by atoms with Crippen molar-refractivity contribution in [3.63, 3.8) is 0 Å². The highest BCUT2D eigenvalue weighted by Gasteiger charge is 2.75. The van der Waals surface area contributed by atoms with E-state index in [1.54, 1.807) is 48.2 Å². The summed E-state index contributed by atoms with van der Waals surface area (Å²) in [6.45, 7) is 5.87. The van der Waals surface area contributed by atoms with Crippen LogP contribution in [0.4, 0.5) is 5.69 Å². The van der Waals surface area contributed by atoms with E-state index in [0.29, 0.717) is 23.6 Å². The molecule has 0 aromatic heterocycles. The van der Waals surface area contributed by atoms with Crippen LogP contribution in [-0.2, 0) is 23.9 Å². The molecule has 0 aliphatic carbocycles. The van der Waals surface area contributed by atoms with Gasteiger partial charge in [-0.15, -0.1) is 0 Å². The number of fused-ring (bicyclic) bond motifs is 2. The van der Waals surface area contributed by atoms with E-state index < -0.39 is 41.1 Å². The predicted molar refractivity (Wildman–Crippen MR) is 138 cm³/mol. The van der Waals surface area contributed by atoms with Crippen molar-refractivity contribution in [2.45, 2.75) is 56.9 Å². The second-order valence-corrected chi connectivity index (χ2v) is 11.3. The van der Waals surface area contributed by atoms with Crippen LogP contribution in [0.25, 0.3) is 0 Å². The van der Waals surface area contributed by atoms with Crippen LogP contribution in [-0.4, -0.2) is 70.8 Å². The number of anilines is 1. The summed E-state index contributed by atoms with van der Waals surface area (Å²) in [5.41, 5.74) is -2.04. The molecule has 37 heavy (non-hydrogen) atoms. The lowest BCUT2D eigenvalue weighted by molar-refractivity contribution is -0.160. The predicted octanol–water partition coefficient (Wildman–Crippen LogP) is 3.12. The molecule has 2 fully saturated rings. The normalized spacial score (nSPS) is 34.0. The third kappa shape index (κ3) is 4.01. The SMILES string of the molecule is CC(C)C[C@H](CO)N1C(=O)[C@@H]2[C@@H]3C(=O)OCCC=C[C@]3(C)O[C@@]23C=CCN(c2ccccc2Cl)C(=O)C13. The topological polar surface area (TPSA) is 96.4 Å². The molecule has 198 valence electrons. The first-order valence-corrected chi connectivity index (χ1v) is 13.2. The molecule has 0 bridgehead atoms. The molecule has 9 heteroatoms. The van der Waals surface area contributed by atoms with Crippen molar-refractivity contribution < 1.29 is 29.0 Å². The summed E-state index contributed by atoms with van der Waals surface area (Å²) in [6, 6.07) is 5.32. The molecule has 0 saturated carbocycles. The Morgan fingerprint density at radius 2 is 1.86 bits per heavy atom. The number of esters is 1. The summed E-state index contributed by atoms with van der Waals surface area (Å²) in [5, 5.41) is 10.8. The average molecular weight is 529 g/mol. The van der Waals surface area contributed by atoms with Crippen molar-refractivity contribution in [1.29, 1.82) is 0 Å². The van der Waals surface area contributed by atoms with Gasteiger partial charge >= 0.3 is 5.97 Å². The number of cyclic esters (lactones) is 1. The second-order valence-electron chi connectivity index (χ2n) is 10.9. The van der Waals surface area contributed by atoms with Gasteiger partial charge in [-0.2, -0.15) is 0 Å². The van der Waals surface area contributed by atoms with Gasteiger partial charge in [-0.3, -0.25) is 14.4 Å². The van der Waals surface area contributed by atoms with E-state index in [4.69, 9.17) is 21.1 Å². The fourth-order valence-corrected chi connectivity index (χ4v) is 6.77. The van der Waals surface area contributed by atoms with E-state index >= 15 is 0 Å². The van der Waals surface area contributed by atoms with Crippen LogP contribution >= 0.6 is 11.6 Å². The Balaban J connectivity index is 1.69. The number of aliphatic hydroxyl groups excluding tert-OH is 1. The average Bonchev–Trinajstić information content (AvgIpc) is 3.17. The maximum Gasteiger partial charge on any atom is 0.313 e. The Bertz CT molecular complexity index is 1170. The molecule has 2 saturated heterocycles. The molecular formula is C28H33ClN2O6. The number of halogens is 1. The van der Waals surface area contributed by atoms with Gasteiger partial charge in [0.05, 0.1) is 41.5 Å². The molecule has 1 aromatic carbocycles. The number of para-hydroxylation sites is 1. The Morgan fingerprint density at radius 1 is 1.11 bits per heavy atom. The number of likely N-dealkylation sites (tertiary alicyclic amines) is 1. The van der Waals surface area contributed by atoms with Crippen LogP contribution in [0.5, 0.6) is 0 Å². The third-order valence-electron chi connectivity index (χ3n) is 7.95. The minimum atomic E-state index is -1.41. The number of carbonyl (C=O) groups excluding carboxylic acids is 3. The first-order chi connectivity index (χ1) is 17.6. The van der Waals surface area contributed by atoms with Gasteiger partial charge in [0.1, 0.15) is 17.6 Å². The monoisotopic (exact) mass is 528 g/mol. The van der Waals surface area contributed by atoms with Gasteiger partial charge in [-0.25, -0.2) is 0 Å². The molecule has 4 heterocycles. The number of hydrogen-bond acceptors (Lipinski definition) is 6. The molecular weight excluding hydrogens is 496 g/mol. The van der Waals surface area contributed by atoms with Crippen LogP contribution in [0.3, 0.4) is 0 Å². The van der Waals surface area contributed by atoms with E-state index in [9.17, 15) is 19.5 Å². The number of hydrogen-bond donors (Lipinski definition) is 1. The van der Waals surface area contributed by atoms with Crippen LogP contribution < -0.4 is 4.90 Å². The Morgan fingerprint density at radius 3 is 2.57 bits per heavy atom. The molecule has 8 nitrogen and oxygen atoms in total. The Kier molecular flexibility index (Phi) is 6.71. The van der Waals surface area contributed by atoms with Gasteiger partial charge in [-0.05, 0) is 37.8 Å². The lowest BCUT2D eigenvalue weighted by Crippen LogP contribution is -2.59. The maximum atomic E-state index is 14.4. The van der Waals surface area contributed by atoms with Crippen LogP contribution in [0, 0.1) is 17.8 Å². The quantitative estimate of drug-likeness (QED) is 0.466. The van der Waals surface area contributed by atoms with Crippen LogP contribution in [0.2, 0.25) is 5.02 Å². The van der Waals surface area contributed by atoms with Gasteiger partial charge in [0.15, 0.2) is 0 Å². The van der Waals surface area contributed by atoms with Gasteiger partial charge in [0.2, 0.25) is 5.91 Å². The van der Waals surface area contributed by atoms with Gasteiger partial charge < -0.3 is 24.4 Å². The largest absolute Gasteiger partial charge is 0.465 e. The van der Waals surface area contributed by atoms with Crippen molar-refractivity contribution in [2.24, 2.45) is 17.8 Å². The fourth-order valence-electron chi connectivity index (χ4n) is 6.53. The van der Waals surface area contributed by atoms with Gasteiger partial charge in [0, 0.05) is 6.54 Å². The smallest absolute Gasteiger partial charge is 0.313 e. The number of amides is 2. The van der Waals surface area contributed by atoms with Gasteiger partial charge in [-0.1, -0.05) is 61.9 Å². The molecule has 1 aromatic rings. The van der Waals surface area contributed by atoms with Crippen LogP contribution in [0.15, 0.2) is 48.6 Å². The molecule has 4 aliphatic heterocycles. The van der Waals surface area contributed by atoms with Crippen LogP contribution in [0.1, 0.15) is 33.6 Å². The number of ether oxygens (including phenoxy) is 2. The Hall–Kier alpha value is -2.68. The zero-order valence-electron chi connectivity index (χ0n) is 21.3. The van der Waals surface area contributed by atoms with E-state index in [2.05, 4.69) is 0 Å². The minimum Gasteiger partial charge on any atom is -0.465 e. The highest BCUT2D eigenvalue weighted by molar-refractivity contribution is 6.34. The second kappa shape index (κ2) is 9.57. The van der Waals surface area contributed by atoms with Gasteiger partial charge in [0.25, 0.3) is 5.91 Å². The third-order valence-corrected chi connectivity index (χ3v) is 8.27. The number of benzene rings is 1. The zero-order valence-corrected chi connectivity index (χ0v) is 22.1. The first kappa shape index (κ1) is 25.9. The standard InChI is InChI=1S/C28H33ClN2O6/c1-17(2)15-18(16-32)31-23-25(34)30(20-10-5-4-9-19(20)29)13-8-12-28(23)21(24(31)33)22-26(35)36-14-7-6-11-27(22,3)37-28/h4-6,8-12,17-18,21-23,32H,7,13-16H2,1-3H3/t18-,21+,22-,23?,27+,28+/m1/s1. The van der Waals surface area contributed by atoms with Crippen molar-refractivity contribution >= 4 is 35.1 Å². The molecule has 0 radical (unpaired) electrons. The maximum absolute atomic E-state index is 14.4. The molecule has 5 rings (SSSR count). The number of rotatable bonds is 5. The molecule has 1 spiro atoms. The minimum absolute atomic E-state index is 0.151. The summed E-state index contributed by atoms with van der Waals surface area (Å²) in [7, 11) is 0. The summed E-state index contributed by atoms with van der Waals surface area (Å²) < 4.78 is 12.3. The highest BCUT2D eigenvalue weighted by atomic mass is 35.5. The van der Waals surface area contributed by atoms with Crippen molar-refractivity contribution in [3.8, 4) is 0 Å². The number of carbonyl (C=O) groups is 3. The first-order valence-electron chi connectivity index (χ1n) is 12.9. The van der Waals surface area contributed by atoms with E-state index in [1.807, 2.05) is 26.0 Å². The summed E-state index contributed by atoms with van der Waals surface area (Å²) in [6.07, 6.45) is 8.31. The van der Waals surface area contributed by atoms with Crippen molar-refractivity contribution in [1.82, 2.24) is 4.90 Å². The molecule has 6 atom stereocenters. The molecule has 4 aliphatic rings. The number of nitrogens with zero attached hydrogens (tertiary/aromatic N) is 2. The number of aliphatic hydroxyl groups is 1. The Labute approximate surface area is 221 Å². The zero-order chi connectivity index (χ0) is 26.5. The van der Waals surface area contributed by atoms with E-state index in [1.165, 1.54) is 4.90 Å². The fraction of sp³-hybridized carbons (Fsp3) is 0.536. The van der Waals surface area contributed by atoms with E-state index in [0.717, 1.165) is 0 Å². The summed E-state index contributed by atoms with van der Waals surface area (Å²) in [5.74, 6) is -3.04. The molecule has 1 N–H and O–H groups in total. The summed E-state index contributed by atoms with van der Waals surface area (Å²) in [4.78, 5) is 45.1. The van der Waals surface area contributed by atoms with E-state index in [-0.39, 0.29) is 37.5 Å². The molecule has 1 unspecified atom stereocenters. The van der Waals surface area contributed by atoms with Crippen molar-refractivity contribution in [2.75, 3.05) is 24.7 Å². The van der Waals surface area contributed by atoms with Crippen molar-refractivity contribution in [3.05, 3.63) is 53.6 Å². The molecule has 2 amide bonds. The summed E-state index contributed by atoms with van der Waals surface area (Å²) >= 11 is 6.49. The lowest BCUT2D eigenvalue weighted by Gasteiger charge is -2.40.